The summed E-state index contributed by atoms with van der Waals surface area (Å²) in [5.41, 5.74) is 3.03. The molecule has 0 bridgehead atoms. The molecule has 0 aliphatic carbocycles. The van der Waals surface area contributed by atoms with Crippen LogP contribution in [0.1, 0.15) is 11.1 Å². The van der Waals surface area contributed by atoms with Gasteiger partial charge in [-0.3, -0.25) is 9.78 Å². The number of benzene rings is 2. The van der Waals surface area contributed by atoms with Crippen LogP contribution in [0.15, 0.2) is 54.7 Å². The molecule has 2 aliphatic rings. The summed E-state index contributed by atoms with van der Waals surface area (Å²) in [5, 5.41) is 2.87. The Kier molecular flexibility index (Phi) is 4.71. The molecule has 7 heteroatoms. The second kappa shape index (κ2) is 7.67. The minimum atomic E-state index is -0.415. The highest BCUT2D eigenvalue weighted by atomic mass is 19.1. The van der Waals surface area contributed by atoms with E-state index in [1.807, 2.05) is 30.3 Å². The quantitative estimate of drug-likeness (QED) is 0.704. The fourth-order valence-corrected chi connectivity index (χ4v) is 3.71. The molecule has 3 aromatic rings. The van der Waals surface area contributed by atoms with Crippen LogP contribution in [0, 0.1) is 5.82 Å². The lowest BCUT2D eigenvalue weighted by Gasteiger charge is -2.12. The van der Waals surface area contributed by atoms with E-state index in [-0.39, 0.29) is 31.0 Å². The minimum Gasteiger partial charge on any atom is -0.485 e. The van der Waals surface area contributed by atoms with E-state index in [4.69, 9.17) is 14.2 Å². The van der Waals surface area contributed by atoms with Gasteiger partial charge >= 0.3 is 0 Å². The Morgan fingerprint density at radius 1 is 1.13 bits per heavy atom. The lowest BCUT2D eigenvalue weighted by molar-refractivity contribution is -0.120. The average molecular weight is 406 g/mol. The van der Waals surface area contributed by atoms with Crippen molar-refractivity contribution in [3.05, 3.63) is 71.7 Å². The monoisotopic (exact) mass is 406 g/mol. The lowest BCUT2D eigenvalue weighted by Crippen LogP contribution is -2.35. The van der Waals surface area contributed by atoms with Gasteiger partial charge in [-0.1, -0.05) is 12.1 Å². The fourth-order valence-electron chi connectivity index (χ4n) is 3.71. The van der Waals surface area contributed by atoms with Crippen molar-refractivity contribution < 1.29 is 23.4 Å². The number of hydrogen-bond donors (Lipinski definition) is 1. The summed E-state index contributed by atoms with van der Waals surface area (Å²) in [4.78, 5) is 16.6. The van der Waals surface area contributed by atoms with Gasteiger partial charge in [0.2, 0.25) is 12.7 Å². The molecule has 1 atom stereocenters. The van der Waals surface area contributed by atoms with E-state index in [1.165, 1.54) is 6.07 Å². The number of carbonyl (C=O) groups is 1. The van der Waals surface area contributed by atoms with E-state index in [9.17, 15) is 9.18 Å². The summed E-state index contributed by atoms with van der Waals surface area (Å²) in [7, 11) is 0. The summed E-state index contributed by atoms with van der Waals surface area (Å²) in [6, 6.07) is 14.3. The van der Waals surface area contributed by atoms with Crippen LogP contribution in [0.2, 0.25) is 0 Å². The molecular weight excluding hydrogens is 387 g/mol. The van der Waals surface area contributed by atoms with Crippen molar-refractivity contribution in [1.29, 1.82) is 0 Å². The Bertz CT molecular complexity index is 1100. The molecule has 3 heterocycles. The molecule has 0 fully saturated rings. The van der Waals surface area contributed by atoms with E-state index in [1.54, 1.807) is 18.3 Å². The first-order valence-electron chi connectivity index (χ1n) is 9.71. The number of hydrogen-bond acceptors (Lipinski definition) is 5. The molecule has 152 valence electrons. The van der Waals surface area contributed by atoms with Crippen LogP contribution in [0.25, 0.3) is 11.3 Å². The number of nitrogens with one attached hydrogen (secondary N) is 1. The first kappa shape index (κ1) is 18.4. The van der Waals surface area contributed by atoms with Crippen molar-refractivity contribution in [3.63, 3.8) is 0 Å². The molecule has 1 aromatic heterocycles. The van der Waals surface area contributed by atoms with Gasteiger partial charge in [-0.15, -0.1) is 0 Å². The van der Waals surface area contributed by atoms with Gasteiger partial charge in [-0.2, -0.15) is 0 Å². The first-order chi connectivity index (χ1) is 14.7. The largest absolute Gasteiger partial charge is 0.485 e. The summed E-state index contributed by atoms with van der Waals surface area (Å²) >= 11 is 0. The summed E-state index contributed by atoms with van der Waals surface area (Å²) < 4.78 is 30.9. The third-order valence-electron chi connectivity index (χ3n) is 5.14. The molecule has 0 saturated heterocycles. The van der Waals surface area contributed by atoms with Gasteiger partial charge in [0.25, 0.3) is 0 Å². The van der Waals surface area contributed by atoms with Crippen molar-refractivity contribution >= 4 is 5.91 Å². The Morgan fingerprint density at radius 2 is 2.03 bits per heavy atom. The van der Waals surface area contributed by atoms with Crippen LogP contribution in [0.5, 0.6) is 17.2 Å². The zero-order valence-corrected chi connectivity index (χ0v) is 16.1. The normalized spacial score (nSPS) is 16.1. The molecule has 2 aromatic carbocycles. The van der Waals surface area contributed by atoms with Gasteiger partial charge in [0.15, 0.2) is 23.1 Å². The Labute approximate surface area is 172 Å². The van der Waals surface area contributed by atoms with Crippen LogP contribution in [-0.4, -0.2) is 30.3 Å². The fraction of sp³-hybridized carbons (Fsp3) is 0.217. The second-order valence-corrected chi connectivity index (χ2v) is 7.27. The maximum absolute atomic E-state index is 14.5. The number of amides is 1. The molecule has 5 rings (SSSR count). The number of aromatic nitrogens is 1. The number of carbonyl (C=O) groups excluding carboxylic acids is 1. The molecule has 2 aliphatic heterocycles. The molecule has 0 saturated carbocycles. The topological polar surface area (TPSA) is 69.7 Å². The van der Waals surface area contributed by atoms with Gasteiger partial charge in [-0.05, 0) is 42.0 Å². The first-order valence-corrected chi connectivity index (χ1v) is 9.71. The molecule has 1 N–H and O–H groups in total. The lowest BCUT2D eigenvalue weighted by atomic mass is 10.0. The van der Waals surface area contributed by atoms with Crippen molar-refractivity contribution in [2.45, 2.75) is 18.9 Å². The number of rotatable bonds is 5. The zero-order chi connectivity index (χ0) is 20.5. The second-order valence-electron chi connectivity index (χ2n) is 7.27. The van der Waals surface area contributed by atoms with Gasteiger partial charge in [0.05, 0.1) is 18.7 Å². The SMILES string of the molecule is O=C(Cc1ccc2c(c1)OCO2)NC[C@@H]1Cc2cc(-c3ccccn3)cc(F)c2O1. The van der Waals surface area contributed by atoms with Crippen LogP contribution >= 0.6 is 0 Å². The summed E-state index contributed by atoms with van der Waals surface area (Å²) in [6.45, 7) is 0.500. The molecular formula is C23H19FN2O4. The predicted octanol–water partition coefficient (Wildman–Crippen LogP) is 3.28. The highest BCUT2D eigenvalue weighted by molar-refractivity contribution is 5.79. The van der Waals surface area contributed by atoms with E-state index >= 15 is 0 Å². The van der Waals surface area contributed by atoms with Crippen molar-refractivity contribution in [3.8, 4) is 28.5 Å². The van der Waals surface area contributed by atoms with Crippen molar-refractivity contribution in [2.24, 2.45) is 0 Å². The molecule has 0 unspecified atom stereocenters. The molecule has 1 amide bonds. The van der Waals surface area contributed by atoms with Crippen LogP contribution < -0.4 is 19.5 Å². The Morgan fingerprint density at radius 3 is 2.90 bits per heavy atom. The standard InChI is InChI=1S/C23H19FN2O4/c24-18-11-15(19-3-1-2-6-25-19)9-16-10-17(30-23(16)18)12-26-22(27)8-14-4-5-20-21(7-14)29-13-28-20/h1-7,9,11,17H,8,10,12-13H2,(H,26,27)/t17-/m0/s1. The molecule has 0 radical (unpaired) electrons. The maximum atomic E-state index is 14.5. The van der Waals surface area contributed by atoms with Crippen LogP contribution in [0.3, 0.4) is 0 Å². The number of halogens is 1. The van der Waals surface area contributed by atoms with Gasteiger partial charge in [0, 0.05) is 23.7 Å². The number of fused-ring (bicyclic) bond motifs is 2. The van der Waals surface area contributed by atoms with Crippen LogP contribution in [-0.2, 0) is 17.6 Å². The van der Waals surface area contributed by atoms with Gasteiger partial charge in [0.1, 0.15) is 6.10 Å². The predicted molar refractivity (Wildman–Crippen MR) is 107 cm³/mol. The third kappa shape index (κ3) is 3.66. The number of nitrogens with zero attached hydrogens (tertiary/aromatic N) is 1. The van der Waals surface area contributed by atoms with E-state index in [2.05, 4.69) is 10.3 Å². The van der Waals surface area contributed by atoms with Crippen molar-refractivity contribution in [1.82, 2.24) is 10.3 Å². The molecule has 0 spiro atoms. The smallest absolute Gasteiger partial charge is 0.231 e. The van der Waals surface area contributed by atoms with Gasteiger partial charge < -0.3 is 19.5 Å². The number of pyridine rings is 1. The summed E-state index contributed by atoms with van der Waals surface area (Å²) in [5.74, 6) is 1.03. The van der Waals surface area contributed by atoms with Gasteiger partial charge in [-0.25, -0.2) is 4.39 Å². The van der Waals surface area contributed by atoms with E-state index in [0.29, 0.717) is 35.7 Å². The van der Waals surface area contributed by atoms with E-state index < -0.39 is 5.82 Å². The maximum Gasteiger partial charge on any atom is 0.231 e. The zero-order valence-electron chi connectivity index (χ0n) is 16.1. The third-order valence-corrected chi connectivity index (χ3v) is 5.14. The van der Waals surface area contributed by atoms with Crippen LogP contribution in [0.4, 0.5) is 4.39 Å². The Balaban J connectivity index is 1.20. The highest BCUT2D eigenvalue weighted by Gasteiger charge is 2.27. The van der Waals surface area contributed by atoms with Crippen molar-refractivity contribution in [2.75, 3.05) is 13.3 Å². The highest BCUT2D eigenvalue weighted by Crippen LogP contribution is 2.35. The molecule has 6 nitrogen and oxygen atoms in total. The van der Waals surface area contributed by atoms with E-state index in [0.717, 1.165) is 11.1 Å². The average Bonchev–Trinajstić information content (AvgIpc) is 3.39. The number of ether oxygens (including phenoxy) is 3. The Hall–Kier alpha value is -3.61. The summed E-state index contributed by atoms with van der Waals surface area (Å²) in [6.07, 6.45) is 2.11. The minimum absolute atomic E-state index is 0.136. The molecule has 30 heavy (non-hydrogen) atoms.